The standard InChI is InChI=1S/C19H31N3O3S.ClH/c1-4-22(5-2)26(24,25)17-11-6-15(7-12-17)8-13-18(23)21-19(3,14-20)16-9-10-16;/h6-7,11-12,16H,4-5,8-10,13-14,20H2,1-3H3,(H,21,23);1H. The van der Waals surface area contributed by atoms with Crippen molar-refractivity contribution in [3.8, 4) is 0 Å². The van der Waals surface area contributed by atoms with E-state index in [-0.39, 0.29) is 23.9 Å². The maximum Gasteiger partial charge on any atom is 0.243 e. The Morgan fingerprint density at radius 3 is 2.22 bits per heavy atom. The zero-order valence-electron chi connectivity index (χ0n) is 16.4. The van der Waals surface area contributed by atoms with Crippen molar-refractivity contribution in [1.82, 2.24) is 9.62 Å². The summed E-state index contributed by atoms with van der Waals surface area (Å²) in [5.74, 6) is 0.478. The zero-order valence-corrected chi connectivity index (χ0v) is 18.0. The number of benzene rings is 1. The Balaban J connectivity index is 0.00000364. The second kappa shape index (κ2) is 9.87. The SMILES string of the molecule is CCN(CC)S(=O)(=O)c1ccc(CCC(=O)NC(C)(CN)C2CC2)cc1.Cl. The number of halogens is 1. The lowest BCUT2D eigenvalue weighted by Gasteiger charge is -2.29. The average Bonchev–Trinajstić information content (AvgIpc) is 3.46. The minimum absolute atomic E-state index is 0. The Hall–Kier alpha value is -1.15. The van der Waals surface area contributed by atoms with Gasteiger partial charge in [0, 0.05) is 26.1 Å². The molecule has 6 nitrogen and oxygen atoms in total. The molecule has 8 heteroatoms. The van der Waals surface area contributed by atoms with E-state index in [0.717, 1.165) is 18.4 Å². The highest BCUT2D eigenvalue weighted by atomic mass is 35.5. The first-order valence-corrected chi connectivity index (χ1v) is 10.8. The summed E-state index contributed by atoms with van der Waals surface area (Å²) in [6, 6.07) is 6.81. The molecule has 1 aliphatic rings. The Labute approximate surface area is 169 Å². The van der Waals surface area contributed by atoms with E-state index in [4.69, 9.17) is 5.73 Å². The van der Waals surface area contributed by atoms with Crippen LogP contribution in [-0.4, -0.2) is 43.8 Å². The summed E-state index contributed by atoms with van der Waals surface area (Å²) in [5.41, 5.74) is 6.47. The van der Waals surface area contributed by atoms with Gasteiger partial charge in [-0.2, -0.15) is 4.31 Å². The molecule has 0 aromatic heterocycles. The summed E-state index contributed by atoms with van der Waals surface area (Å²) in [4.78, 5) is 12.5. The van der Waals surface area contributed by atoms with Crippen LogP contribution in [-0.2, 0) is 21.2 Å². The molecule has 27 heavy (non-hydrogen) atoms. The van der Waals surface area contributed by atoms with E-state index in [2.05, 4.69) is 5.32 Å². The second-order valence-corrected chi connectivity index (χ2v) is 9.12. The van der Waals surface area contributed by atoms with Crippen LogP contribution in [0.2, 0.25) is 0 Å². The molecule has 0 saturated heterocycles. The fourth-order valence-corrected chi connectivity index (χ4v) is 4.68. The van der Waals surface area contributed by atoms with Crippen molar-refractivity contribution >= 4 is 28.3 Å². The fraction of sp³-hybridized carbons (Fsp3) is 0.632. The molecule has 1 aliphatic carbocycles. The van der Waals surface area contributed by atoms with E-state index in [1.807, 2.05) is 20.8 Å². The molecule has 0 aliphatic heterocycles. The third kappa shape index (κ3) is 5.91. The molecule has 154 valence electrons. The molecule has 0 heterocycles. The molecule has 1 atom stereocenters. The van der Waals surface area contributed by atoms with E-state index >= 15 is 0 Å². The lowest BCUT2D eigenvalue weighted by atomic mass is 9.95. The summed E-state index contributed by atoms with van der Waals surface area (Å²) < 4.78 is 26.4. The van der Waals surface area contributed by atoms with Crippen molar-refractivity contribution < 1.29 is 13.2 Å². The van der Waals surface area contributed by atoms with E-state index in [1.54, 1.807) is 24.3 Å². The van der Waals surface area contributed by atoms with Gasteiger partial charge in [0.05, 0.1) is 10.4 Å². The number of rotatable bonds is 10. The van der Waals surface area contributed by atoms with Crippen LogP contribution in [0.4, 0.5) is 0 Å². The smallest absolute Gasteiger partial charge is 0.243 e. The number of aryl methyl sites for hydroxylation is 1. The lowest BCUT2D eigenvalue weighted by molar-refractivity contribution is -0.123. The predicted molar refractivity (Wildman–Crippen MR) is 110 cm³/mol. The molecule has 1 amide bonds. The molecule has 0 spiro atoms. The number of hydrogen-bond donors (Lipinski definition) is 2. The molecular formula is C19H32ClN3O3S. The van der Waals surface area contributed by atoms with Crippen molar-refractivity contribution in [3.05, 3.63) is 29.8 Å². The van der Waals surface area contributed by atoms with E-state index < -0.39 is 10.0 Å². The lowest BCUT2D eigenvalue weighted by Crippen LogP contribution is -2.53. The largest absolute Gasteiger partial charge is 0.349 e. The van der Waals surface area contributed by atoms with Crippen molar-refractivity contribution in [2.45, 2.75) is 56.9 Å². The highest BCUT2D eigenvalue weighted by Gasteiger charge is 2.41. The van der Waals surface area contributed by atoms with E-state index in [0.29, 0.717) is 43.3 Å². The molecule has 1 unspecified atom stereocenters. The number of nitrogens with zero attached hydrogens (tertiary/aromatic N) is 1. The number of amides is 1. The molecule has 1 fully saturated rings. The van der Waals surface area contributed by atoms with Crippen molar-refractivity contribution in [2.75, 3.05) is 19.6 Å². The van der Waals surface area contributed by atoms with Gasteiger partial charge in [0.1, 0.15) is 0 Å². The van der Waals surface area contributed by atoms with E-state index in [9.17, 15) is 13.2 Å². The Bertz CT molecular complexity index is 716. The summed E-state index contributed by atoms with van der Waals surface area (Å²) in [6.07, 6.45) is 3.18. The minimum Gasteiger partial charge on any atom is -0.349 e. The van der Waals surface area contributed by atoms with Gasteiger partial charge in [-0.3, -0.25) is 4.79 Å². The summed E-state index contributed by atoms with van der Waals surface area (Å²) in [7, 11) is -3.44. The third-order valence-electron chi connectivity index (χ3n) is 5.23. The van der Waals surface area contributed by atoms with Crippen LogP contribution < -0.4 is 11.1 Å². The maximum absolute atomic E-state index is 12.5. The third-order valence-corrected chi connectivity index (χ3v) is 7.30. The van der Waals surface area contributed by atoms with Gasteiger partial charge in [-0.05, 0) is 49.8 Å². The van der Waals surface area contributed by atoms with Gasteiger partial charge in [0.15, 0.2) is 0 Å². The van der Waals surface area contributed by atoms with Crippen LogP contribution in [0.25, 0.3) is 0 Å². The maximum atomic E-state index is 12.5. The summed E-state index contributed by atoms with van der Waals surface area (Å²) in [5, 5.41) is 3.07. The second-order valence-electron chi connectivity index (χ2n) is 7.18. The average molecular weight is 418 g/mol. The molecule has 1 aromatic rings. The first-order chi connectivity index (χ1) is 12.3. The molecule has 1 aromatic carbocycles. The highest BCUT2D eigenvalue weighted by molar-refractivity contribution is 7.89. The first kappa shape index (κ1) is 23.9. The predicted octanol–water partition coefficient (Wildman–Crippen LogP) is 2.32. The van der Waals surface area contributed by atoms with E-state index in [1.165, 1.54) is 4.31 Å². The van der Waals surface area contributed by atoms with Crippen LogP contribution in [0.1, 0.15) is 45.6 Å². The first-order valence-electron chi connectivity index (χ1n) is 9.37. The van der Waals surface area contributed by atoms with Gasteiger partial charge in [-0.15, -0.1) is 12.4 Å². The minimum atomic E-state index is -3.44. The number of hydrogen-bond acceptors (Lipinski definition) is 4. The number of sulfonamides is 1. The fourth-order valence-electron chi connectivity index (χ4n) is 3.22. The normalized spacial score (nSPS) is 16.5. The van der Waals surface area contributed by atoms with Gasteiger partial charge in [0.2, 0.25) is 15.9 Å². The van der Waals surface area contributed by atoms with Crippen molar-refractivity contribution in [1.29, 1.82) is 0 Å². The van der Waals surface area contributed by atoms with Crippen LogP contribution in [0.5, 0.6) is 0 Å². The van der Waals surface area contributed by atoms with Gasteiger partial charge in [0.25, 0.3) is 0 Å². The van der Waals surface area contributed by atoms with Crippen LogP contribution in [0.15, 0.2) is 29.2 Å². The highest BCUT2D eigenvalue weighted by Crippen LogP contribution is 2.39. The Morgan fingerprint density at radius 1 is 1.22 bits per heavy atom. The van der Waals surface area contributed by atoms with Crippen molar-refractivity contribution in [2.24, 2.45) is 11.7 Å². The summed E-state index contributed by atoms with van der Waals surface area (Å²) >= 11 is 0. The topological polar surface area (TPSA) is 92.5 Å². The number of nitrogens with one attached hydrogen (secondary N) is 1. The van der Waals surface area contributed by atoms with Gasteiger partial charge < -0.3 is 11.1 Å². The molecule has 0 bridgehead atoms. The van der Waals surface area contributed by atoms with Gasteiger partial charge in [-0.25, -0.2) is 8.42 Å². The molecule has 2 rings (SSSR count). The quantitative estimate of drug-likeness (QED) is 0.611. The molecular weight excluding hydrogens is 386 g/mol. The van der Waals surface area contributed by atoms with Gasteiger partial charge >= 0.3 is 0 Å². The van der Waals surface area contributed by atoms with Crippen molar-refractivity contribution in [3.63, 3.8) is 0 Å². The molecule has 0 radical (unpaired) electrons. The molecule has 3 N–H and O–H groups in total. The van der Waals surface area contributed by atoms with Crippen LogP contribution in [0, 0.1) is 5.92 Å². The Kier molecular flexibility index (Phi) is 8.73. The number of nitrogens with two attached hydrogens (primary N) is 1. The molecule has 1 saturated carbocycles. The van der Waals surface area contributed by atoms with Crippen LogP contribution >= 0.6 is 12.4 Å². The van der Waals surface area contributed by atoms with Gasteiger partial charge in [-0.1, -0.05) is 26.0 Å². The number of carbonyl (C=O) groups excluding carboxylic acids is 1. The Morgan fingerprint density at radius 2 is 1.78 bits per heavy atom. The monoisotopic (exact) mass is 417 g/mol. The van der Waals surface area contributed by atoms with Crippen LogP contribution in [0.3, 0.4) is 0 Å². The summed E-state index contributed by atoms with van der Waals surface area (Å²) in [6.45, 7) is 7.00. The zero-order chi connectivity index (χ0) is 19.4. The number of carbonyl (C=O) groups is 1.